The van der Waals surface area contributed by atoms with Crippen LogP contribution in [0.25, 0.3) is 11.1 Å². The lowest BCUT2D eigenvalue weighted by Crippen LogP contribution is -2.31. The lowest BCUT2D eigenvalue weighted by molar-refractivity contribution is 0.0733. The van der Waals surface area contributed by atoms with Crippen molar-refractivity contribution in [2.24, 2.45) is 0 Å². The molecule has 7 heteroatoms. The van der Waals surface area contributed by atoms with Crippen molar-refractivity contribution in [2.75, 3.05) is 12.3 Å². The maximum atomic E-state index is 13.0. The van der Waals surface area contributed by atoms with Gasteiger partial charge in [0.2, 0.25) is 5.95 Å². The number of pyridine rings is 1. The van der Waals surface area contributed by atoms with Crippen LogP contribution in [0.4, 0.5) is 5.95 Å². The zero-order chi connectivity index (χ0) is 18.8. The molecule has 1 unspecified atom stereocenters. The zero-order valence-electron chi connectivity index (χ0n) is 14.5. The van der Waals surface area contributed by atoms with Crippen molar-refractivity contribution in [3.8, 4) is 11.1 Å². The van der Waals surface area contributed by atoms with E-state index >= 15 is 0 Å². The van der Waals surface area contributed by atoms with Crippen LogP contribution in [0.3, 0.4) is 0 Å². The van der Waals surface area contributed by atoms with Crippen molar-refractivity contribution in [3.05, 3.63) is 71.3 Å². The van der Waals surface area contributed by atoms with Crippen LogP contribution in [-0.4, -0.2) is 32.3 Å². The van der Waals surface area contributed by atoms with Crippen molar-refractivity contribution in [1.29, 1.82) is 0 Å². The van der Waals surface area contributed by atoms with E-state index in [1.807, 2.05) is 29.2 Å². The Morgan fingerprint density at radius 2 is 1.89 bits per heavy atom. The van der Waals surface area contributed by atoms with Crippen LogP contribution in [0, 0.1) is 0 Å². The fourth-order valence-corrected chi connectivity index (χ4v) is 3.60. The Morgan fingerprint density at radius 3 is 2.63 bits per heavy atom. The molecule has 0 saturated carbocycles. The number of anilines is 1. The molecule has 1 amide bonds. The van der Waals surface area contributed by atoms with Gasteiger partial charge >= 0.3 is 0 Å². The van der Waals surface area contributed by atoms with Crippen molar-refractivity contribution in [2.45, 2.75) is 18.9 Å². The van der Waals surface area contributed by atoms with E-state index < -0.39 is 0 Å². The molecule has 2 N–H and O–H groups in total. The summed E-state index contributed by atoms with van der Waals surface area (Å²) in [4.78, 5) is 27.5. The Hall–Kier alpha value is -2.99. The highest BCUT2D eigenvalue weighted by atomic mass is 35.5. The third-order valence-electron chi connectivity index (χ3n) is 4.75. The van der Waals surface area contributed by atoms with Crippen LogP contribution in [0.15, 0.2) is 55.0 Å². The van der Waals surface area contributed by atoms with Gasteiger partial charge in [-0.1, -0.05) is 23.7 Å². The van der Waals surface area contributed by atoms with Crippen LogP contribution in [0.5, 0.6) is 0 Å². The van der Waals surface area contributed by atoms with Crippen molar-refractivity contribution in [1.82, 2.24) is 19.9 Å². The molecule has 27 heavy (non-hydrogen) atoms. The molecule has 1 aliphatic rings. The fraction of sp³-hybridized carbons (Fsp3) is 0.200. The second-order valence-electron chi connectivity index (χ2n) is 6.43. The highest BCUT2D eigenvalue weighted by Gasteiger charge is 2.33. The summed E-state index contributed by atoms with van der Waals surface area (Å²) in [5.74, 6) is 0.171. The highest BCUT2D eigenvalue weighted by molar-refractivity contribution is 6.30. The summed E-state index contributed by atoms with van der Waals surface area (Å²) >= 11 is 6.01. The molecule has 2 aromatic heterocycles. The number of nitrogens with zero attached hydrogens (tertiary/aromatic N) is 4. The normalized spacial score (nSPS) is 16.5. The number of hydrogen-bond donors (Lipinski definition) is 1. The molecule has 3 aromatic rings. The molecule has 4 rings (SSSR count). The molecule has 3 heterocycles. The average molecular weight is 380 g/mol. The van der Waals surface area contributed by atoms with Gasteiger partial charge in [0.1, 0.15) is 0 Å². The van der Waals surface area contributed by atoms with Crippen LogP contribution in [0.1, 0.15) is 34.9 Å². The SMILES string of the molecule is Nc1ncc(-c2ccc(Cl)cc2)c(C2CCCN2C(=O)c2ccncc2)n1. The number of halogens is 1. The number of amides is 1. The summed E-state index contributed by atoms with van der Waals surface area (Å²) in [6, 6.07) is 10.8. The number of aromatic nitrogens is 3. The first-order valence-corrected chi connectivity index (χ1v) is 9.10. The second kappa shape index (κ2) is 7.32. The Balaban J connectivity index is 1.74. The Labute approximate surface area is 162 Å². The molecule has 0 bridgehead atoms. The standard InChI is InChI=1S/C20H18ClN5O/c21-15-5-3-13(4-6-15)16-12-24-20(22)25-18(16)17-2-1-11-26(17)19(27)14-7-9-23-10-8-14/h3-10,12,17H,1-2,11H2,(H2,22,24,25). The number of likely N-dealkylation sites (tertiary alicyclic amines) is 1. The number of hydrogen-bond acceptors (Lipinski definition) is 5. The molecule has 1 atom stereocenters. The number of carbonyl (C=O) groups excluding carboxylic acids is 1. The van der Waals surface area contributed by atoms with Gasteiger partial charge in [0, 0.05) is 41.3 Å². The van der Waals surface area contributed by atoms with Gasteiger partial charge in [-0.05, 0) is 42.7 Å². The van der Waals surface area contributed by atoms with E-state index in [4.69, 9.17) is 17.3 Å². The van der Waals surface area contributed by atoms with Gasteiger partial charge in [-0.25, -0.2) is 9.97 Å². The Bertz CT molecular complexity index is 962. The van der Waals surface area contributed by atoms with Gasteiger partial charge in [-0.2, -0.15) is 0 Å². The topological polar surface area (TPSA) is 85.0 Å². The Morgan fingerprint density at radius 1 is 1.15 bits per heavy atom. The second-order valence-corrected chi connectivity index (χ2v) is 6.86. The van der Waals surface area contributed by atoms with Crippen molar-refractivity contribution < 1.29 is 4.79 Å². The summed E-state index contributed by atoms with van der Waals surface area (Å²) in [5.41, 5.74) is 9.06. The maximum Gasteiger partial charge on any atom is 0.254 e. The first-order chi connectivity index (χ1) is 13.1. The molecule has 6 nitrogen and oxygen atoms in total. The van der Waals surface area contributed by atoms with Crippen molar-refractivity contribution >= 4 is 23.5 Å². The van der Waals surface area contributed by atoms with E-state index in [1.165, 1.54) is 0 Å². The summed E-state index contributed by atoms with van der Waals surface area (Å²) in [6.07, 6.45) is 6.70. The molecule has 1 saturated heterocycles. The van der Waals surface area contributed by atoms with E-state index in [0.717, 1.165) is 29.7 Å². The van der Waals surface area contributed by atoms with Gasteiger partial charge in [0.15, 0.2) is 0 Å². The number of carbonyl (C=O) groups is 1. The summed E-state index contributed by atoms with van der Waals surface area (Å²) in [6.45, 7) is 0.676. The van der Waals surface area contributed by atoms with E-state index in [2.05, 4.69) is 15.0 Å². The number of benzene rings is 1. The molecule has 0 aliphatic carbocycles. The van der Waals surface area contributed by atoms with Gasteiger partial charge in [-0.3, -0.25) is 9.78 Å². The molecule has 1 aliphatic heterocycles. The maximum absolute atomic E-state index is 13.0. The molecule has 136 valence electrons. The smallest absolute Gasteiger partial charge is 0.254 e. The lowest BCUT2D eigenvalue weighted by Gasteiger charge is -2.26. The summed E-state index contributed by atoms with van der Waals surface area (Å²) in [5, 5.41) is 0.659. The quantitative estimate of drug-likeness (QED) is 0.749. The largest absolute Gasteiger partial charge is 0.368 e. The number of rotatable bonds is 3. The monoisotopic (exact) mass is 379 g/mol. The van der Waals surface area contributed by atoms with E-state index in [0.29, 0.717) is 17.1 Å². The predicted octanol–water partition coefficient (Wildman–Crippen LogP) is 3.75. The van der Waals surface area contributed by atoms with Gasteiger partial charge < -0.3 is 10.6 Å². The van der Waals surface area contributed by atoms with Gasteiger partial charge in [0.25, 0.3) is 5.91 Å². The van der Waals surface area contributed by atoms with Gasteiger partial charge in [0.05, 0.1) is 11.7 Å². The molecule has 0 radical (unpaired) electrons. The molecular weight excluding hydrogens is 362 g/mol. The Kier molecular flexibility index (Phi) is 4.73. The number of nitrogen functional groups attached to an aromatic ring is 1. The predicted molar refractivity (Wildman–Crippen MR) is 104 cm³/mol. The summed E-state index contributed by atoms with van der Waals surface area (Å²) < 4.78 is 0. The van der Waals surface area contributed by atoms with Crippen LogP contribution < -0.4 is 5.73 Å². The van der Waals surface area contributed by atoms with E-state index in [1.54, 1.807) is 30.7 Å². The first-order valence-electron chi connectivity index (χ1n) is 8.73. The molecule has 1 aromatic carbocycles. The lowest BCUT2D eigenvalue weighted by atomic mass is 9.99. The van der Waals surface area contributed by atoms with Gasteiger partial charge in [-0.15, -0.1) is 0 Å². The zero-order valence-corrected chi connectivity index (χ0v) is 15.3. The minimum atomic E-state index is -0.151. The van der Waals surface area contributed by atoms with Crippen LogP contribution >= 0.6 is 11.6 Å². The average Bonchev–Trinajstić information content (AvgIpc) is 3.18. The minimum Gasteiger partial charge on any atom is -0.368 e. The first kappa shape index (κ1) is 17.4. The van der Waals surface area contributed by atoms with Crippen LogP contribution in [-0.2, 0) is 0 Å². The summed E-state index contributed by atoms with van der Waals surface area (Å²) in [7, 11) is 0. The van der Waals surface area contributed by atoms with E-state index in [9.17, 15) is 4.79 Å². The molecule has 0 spiro atoms. The minimum absolute atomic E-state index is 0.0286. The third-order valence-corrected chi connectivity index (χ3v) is 5.00. The number of nitrogens with two attached hydrogens (primary N) is 1. The third kappa shape index (κ3) is 3.48. The fourth-order valence-electron chi connectivity index (χ4n) is 3.47. The van der Waals surface area contributed by atoms with Crippen molar-refractivity contribution in [3.63, 3.8) is 0 Å². The molecular formula is C20H18ClN5O. The van der Waals surface area contributed by atoms with E-state index in [-0.39, 0.29) is 17.9 Å². The highest BCUT2D eigenvalue weighted by Crippen LogP contribution is 2.37. The molecule has 1 fully saturated rings. The van der Waals surface area contributed by atoms with Crippen LogP contribution in [0.2, 0.25) is 5.02 Å².